The monoisotopic (exact) mass is 380 g/mol. The molecule has 3 aromatic carbocycles. The van der Waals surface area contributed by atoms with Crippen LogP contribution < -0.4 is 10.2 Å². The summed E-state index contributed by atoms with van der Waals surface area (Å²) in [7, 11) is 0. The van der Waals surface area contributed by atoms with Gasteiger partial charge in [-0.1, -0.05) is 65.8 Å². The highest BCUT2D eigenvalue weighted by atomic mass is 35.5. The molecule has 0 spiro atoms. The van der Waals surface area contributed by atoms with Crippen LogP contribution in [-0.2, 0) is 6.42 Å². The van der Waals surface area contributed by atoms with Crippen molar-refractivity contribution in [1.82, 2.24) is 5.32 Å². The molecule has 3 aromatic rings. The summed E-state index contributed by atoms with van der Waals surface area (Å²) in [6, 6.07) is 23.5. The minimum Gasteiger partial charge on any atom is -0.337 e. The molecule has 130 valence electrons. The minimum absolute atomic E-state index is 0.128. The number of amides is 2. The van der Waals surface area contributed by atoms with Crippen LogP contribution in [0, 0.1) is 0 Å². The van der Waals surface area contributed by atoms with Crippen molar-refractivity contribution in [3.8, 4) is 0 Å². The molecule has 0 radical (unpaired) electrons. The lowest BCUT2D eigenvalue weighted by Gasteiger charge is -2.31. The smallest absolute Gasteiger partial charge is 0.326 e. The highest BCUT2D eigenvalue weighted by Gasteiger charge is 2.27. The second kappa shape index (κ2) is 7.44. The minimum atomic E-state index is -0.128. The summed E-state index contributed by atoms with van der Waals surface area (Å²) in [5, 5.41) is 3.76. The molecule has 5 heteroatoms. The molecule has 0 aromatic heterocycles. The average molecular weight is 381 g/mol. The number of anilines is 2. The summed E-state index contributed by atoms with van der Waals surface area (Å²) < 4.78 is 0. The van der Waals surface area contributed by atoms with Crippen LogP contribution in [0.15, 0.2) is 82.6 Å². The van der Waals surface area contributed by atoms with Crippen molar-refractivity contribution < 1.29 is 4.79 Å². The van der Waals surface area contributed by atoms with Gasteiger partial charge in [-0.25, -0.2) is 4.79 Å². The van der Waals surface area contributed by atoms with Crippen molar-refractivity contribution >= 4 is 40.8 Å². The first kappa shape index (κ1) is 17.0. The molecule has 0 fully saturated rings. The van der Waals surface area contributed by atoms with Crippen molar-refractivity contribution in [1.29, 1.82) is 0 Å². The summed E-state index contributed by atoms with van der Waals surface area (Å²) in [5.74, 6) is 0. The topological polar surface area (TPSA) is 32.3 Å². The molecule has 0 saturated heterocycles. The number of carbonyl (C=O) groups excluding carboxylic acids is 1. The van der Waals surface area contributed by atoms with Crippen LogP contribution in [0.4, 0.5) is 16.2 Å². The molecule has 0 atom stereocenters. The van der Waals surface area contributed by atoms with Crippen molar-refractivity contribution in [2.45, 2.75) is 16.2 Å². The fourth-order valence-electron chi connectivity index (χ4n) is 3.01. The van der Waals surface area contributed by atoms with Gasteiger partial charge in [-0.15, -0.1) is 0 Å². The molecule has 0 bridgehead atoms. The Labute approximate surface area is 162 Å². The van der Waals surface area contributed by atoms with Gasteiger partial charge in [0.05, 0.1) is 11.4 Å². The number of nitrogens with zero attached hydrogens (tertiary/aromatic N) is 1. The van der Waals surface area contributed by atoms with Gasteiger partial charge in [-0.2, -0.15) is 0 Å². The Kier molecular flexibility index (Phi) is 4.87. The van der Waals surface area contributed by atoms with E-state index in [-0.39, 0.29) is 6.03 Å². The van der Waals surface area contributed by atoms with E-state index in [1.54, 1.807) is 16.7 Å². The Hall–Kier alpha value is -2.43. The number of nitrogens with one attached hydrogen (secondary N) is 1. The molecule has 1 aliphatic heterocycles. The molecule has 1 heterocycles. The second-order valence-electron chi connectivity index (χ2n) is 5.95. The van der Waals surface area contributed by atoms with Crippen LogP contribution >= 0.6 is 23.4 Å². The van der Waals surface area contributed by atoms with Gasteiger partial charge in [0.1, 0.15) is 0 Å². The Morgan fingerprint density at radius 1 is 0.885 bits per heavy atom. The number of benzene rings is 3. The molecule has 0 unspecified atom stereocenters. The van der Waals surface area contributed by atoms with Gasteiger partial charge in [0.25, 0.3) is 0 Å². The van der Waals surface area contributed by atoms with Gasteiger partial charge in [0.15, 0.2) is 0 Å². The fourth-order valence-corrected chi connectivity index (χ4v) is 4.30. The van der Waals surface area contributed by atoms with Crippen molar-refractivity contribution in [2.75, 3.05) is 11.4 Å². The van der Waals surface area contributed by atoms with Gasteiger partial charge in [0, 0.05) is 21.4 Å². The van der Waals surface area contributed by atoms with Crippen LogP contribution in [0.1, 0.15) is 5.56 Å². The predicted octanol–water partition coefficient (Wildman–Crippen LogP) is 5.90. The molecule has 0 aliphatic carbocycles. The average Bonchev–Trinajstić information content (AvgIpc) is 2.67. The van der Waals surface area contributed by atoms with Crippen LogP contribution in [-0.4, -0.2) is 12.6 Å². The zero-order chi connectivity index (χ0) is 17.9. The maximum atomic E-state index is 13.0. The highest BCUT2D eigenvalue weighted by Crippen LogP contribution is 2.47. The highest BCUT2D eigenvalue weighted by molar-refractivity contribution is 7.99. The third-order valence-corrected chi connectivity index (χ3v) is 5.76. The molecule has 3 nitrogen and oxygen atoms in total. The van der Waals surface area contributed by atoms with Gasteiger partial charge < -0.3 is 5.32 Å². The number of urea groups is 1. The quantitative estimate of drug-likeness (QED) is 0.614. The zero-order valence-corrected chi connectivity index (χ0v) is 15.6. The van der Waals surface area contributed by atoms with E-state index in [0.717, 1.165) is 31.8 Å². The molecule has 0 saturated carbocycles. The molecule has 26 heavy (non-hydrogen) atoms. The maximum absolute atomic E-state index is 13.0. The van der Waals surface area contributed by atoms with Crippen molar-refractivity contribution in [3.63, 3.8) is 0 Å². The summed E-state index contributed by atoms with van der Waals surface area (Å²) in [6.07, 6.45) is 0.692. The zero-order valence-electron chi connectivity index (χ0n) is 14.0. The Balaban J connectivity index is 1.55. The van der Waals surface area contributed by atoms with Crippen molar-refractivity contribution in [3.05, 3.63) is 83.4 Å². The van der Waals surface area contributed by atoms with E-state index in [1.165, 1.54) is 0 Å². The number of para-hydroxylation sites is 2. The lowest BCUT2D eigenvalue weighted by molar-refractivity contribution is 0.248. The number of halogens is 1. The molecule has 1 N–H and O–H groups in total. The van der Waals surface area contributed by atoms with Crippen LogP contribution in [0.3, 0.4) is 0 Å². The Bertz CT molecular complexity index is 915. The molecule has 1 aliphatic rings. The SMILES string of the molecule is O=C(NCCc1ccccc1Cl)N1c2ccccc2Sc2ccccc21. The van der Waals surface area contributed by atoms with E-state index in [0.29, 0.717) is 13.0 Å². The summed E-state index contributed by atoms with van der Waals surface area (Å²) in [5.41, 5.74) is 2.85. The standard InChI is InChI=1S/C21H17ClN2OS/c22-16-8-2-1-7-15(16)13-14-23-21(25)24-17-9-3-5-11-19(17)26-20-12-6-4-10-18(20)24/h1-12H,13-14H2,(H,23,25). The number of rotatable bonds is 3. The van der Waals surface area contributed by atoms with E-state index in [2.05, 4.69) is 5.32 Å². The number of hydrogen-bond donors (Lipinski definition) is 1. The van der Waals surface area contributed by atoms with Crippen molar-refractivity contribution in [2.24, 2.45) is 0 Å². The second-order valence-corrected chi connectivity index (χ2v) is 7.44. The first-order valence-electron chi connectivity index (χ1n) is 8.41. The summed E-state index contributed by atoms with van der Waals surface area (Å²) in [4.78, 5) is 16.9. The number of hydrogen-bond acceptors (Lipinski definition) is 2. The lowest BCUT2D eigenvalue weighted by atomic mass is 10.1. The van der Waals surface area contributed by atoms with Gasteiger partial charge in [-0.05, 0) is 42.3 Å². The van der Waals surface area contributed by atoms with E-state index in [1.807, 2.05) is 72.8 Å². The van der Waals surface area contributed by atoms with E-state index in [9.17, 15) is 4.79 Å². The van der Waals surface area contributed by atoms with E-state index < -0.39 is 0 Å². The van der Waals surface area contributed by atoms with E-state index in [4.69, 9.17) is 11.6 Å². The summed E-state index contributed by atoms with van der Waals surface area (Å²) in [6.45, 7) is 0.524. The number of carbonyl (C=O) groups is 1. The Morgan fingerprint density at radius 2 is 1.46 bits per heavy atom. The van der Waals surface area contributed by atoms with Gasteiger partial charge >= 0.3 is 6.03 Å². The molecular formula is C21H17ClN2OS. The van der Waals surface area contributed by atoms with Gasteiger partial charge in [0.2, 0.25) is 0 Å². The predicted molar refractivity (Wildman–Crippen MR) is 108 cm³/mol. The Morgan fingerprint density at radius 3 is 2.12 bits per heavy atom. The fraction of sp³-hybridized carbons (Fsp3) is 0.0952. The van der Waals surface area contributed by atoms with E-state index >= 15 is 0 Å². The first-order chi connectivity index (χ1) is 12.7. The van der Waals surface area contributed by atoms with Crippen LogP contribution in [0.5, 0.6) is 0 Å². The third-order valence-electron chi connectivity index (χ3n) is 4.26. The molecule has 2 amide bonds. The first-order valence-corrected chi connectivity index (χ1v) is 9.61. The lowest BCUT2D eigenvalue weighted by Crippen LogP contribution is -2.39. The largest absolute Gasteiger partial charge is 0.337 e. The third kappa shape index (κ3) is 3.30. The molecule has 4 rings (SSSR count). The van der Waals surface area contributed by atoms with Gasteiger partial charge in [-0.3, -0.25) is 4.90 Å². The normalized spacial score (nSPS) is 12.3. The van der Waals surface area contributed by atoms with Crippen LogP contribution in [0.25, 0.3) is 0 Å². The van der Waals surface area contributed by atoms with Crippen LogP contribution in [0.2, 0.25) is 5.02 Å². The maximum Gasteiger partial charge on any atom is 0.326 e. The summed E-state index contributed by atoms with van der Waals surface area (Å²) >= 11 is 7.88. The molecular weight excluding hydrogens is 364 g/mol. The number of fused-ring (bicyclic) bond motifs is 2.